The summed E-state index contributed by atoms with van der Waals surface area (Å²) in [5, 5.41) is 11.1. The van der Waals surface area contributed by atoms with E-state index in [0.717, 1.165) is 18.9 Å². The van der Waals surface area contributed by atoms with Gasteiger partial charge in [-0.3, -0.25) is 10.1 Å². The summed E-state index contributed by atoms with van der Waals surface area (Å²) < 4.78 is 4.24. The molecule has 2 amide bonds. The van der Waals surface area contributed by atoms with Crippen molar-refractivity contribution in [2.75, 3.05) is 12.9 Å². The number of aromatic nitrogens is 1. The highest BCUT2D eigenvalue weighted by Crippen LogP contribution is 2.19. The Hall–Kier alpha value is -2.09. The third-order valence-electron chi connectivity index (χ3n) is 1.77. The number of amides is 2. The molecular formula is C10H10N2O5S. The Bertz CT molecular complexity index is 477. The van der Waals surface area contributed by atoms with Crippen molar-refractivity contribution in [3.8, 4) is 0 Å². The standard InChI is InChI=1S/C10H10N2O5S/c1-17-10(16)12-7(13)5-18-8-6(9(14)15)3-2-4-11-8/h2-4H,5H2,1H3,(H,14,15)(H,12,13,16). The largest absolute Gasteiger partial charge is 0.478 e. The van der Waals surface area contributed by atoms with Gasteiger partial charge in [0.05, 0.1) is 18.4 Å². The number of hydrogen-bond donors (Lipinski definition) is 2. The number of aromatic carboxylic acids is 1. The van der Waals surface area contributed by atoms with Crippen LogP contribution in [0.4, 0.5) is 4.79 Å². The van der Waals surface area contributed by atoms with Gasteiger partial charge in [-0.2, -0.15) is 0 Å². The molecule has 7 nitrogen and oxygen atoms in total. The minimum Gasteiger partial charge on any atom is -0.478 e. The van der Waals surface area contributed by atoms with Gasteiger partial charge in [-0.1, -0.05) is 11.8 Å². The highest BCUT2D eigenvalue weighted by molar-refractivity contribution is 8.00. The fourth-order valence-electron chi connectivity index (χ4n) is 1.00. The second-order valence-electron chi connectivity index (χ2n) is 2.99. The number of carbonyl (C=O) groups is 3. The lowest BCUT2D eigenvalue weighted by atomic mass is 10.3. The summed E-state index contributed by atoms with van der Waals surface area (Å²) in [6.07, 6.45) is 0.563. The van der Waals surface area contributed by atoms with E-state index in [1.165, 1.54) is 18.3 Å². The van der Waals surface area contributed by atoms with Crippen molar-refractivity contribution < 1.29 is 24.2 Å². The average molecular weight is 270 g/mol. The number of ether oxygens (including phenoxy) is 1. The zero-order valence-corrected chi connectivity index (χ0v) is 10.2. The Kier molecular flexibility index (Phi) is 5.12. The molecule has 96 valence electrons. The fraction of sp³-hybridized carbons (Fsp3) is 0.200. The number of carbonyl (C=O) groups excluding carboxylic acids is 2. The van der Waals surface area contributed by atoms with E-state index >= 15 is 0 Å². The topological polar surface area (TPSA) is 106 Å². The zero-order valence-electron chi connectivity index (χ0n) is 9.37. The number of alkyl carbamates (subject to hydrolysis) is 1. The lowest BCUT2D eigenvalue weighted by Gasteiger charge is -2.04. The number of hydrogen-bond acceptors (Lipinski definition) is 6. The summed E-state index contributed by atoms with van der Waals surface area (Å²) >= 11 is 0.924. The van der Waals surface area contributed by atoms with Crippen molar-refractivity contribution >= 4 is 29.7 Å². The number of methoxy groups -OCH3 is 1. The SMILES string of the molecule is COC(=O)NC(=O)CSc1ncccc1C(=O)O. The van der Waals surface area contributed by atoms with Gasteiger partial charge in [0.15, 0.2) is 0 Å². The minimum atomic E-state index is -1.13. The number of thioether (sulfide) groups is 1. The van der Waals surface area contributed by atoms with Crippen molar-refractivity contribution in [3.63, 3.8) is 0 Å². The summed E-state index contributed by atoms with van der Waals surface area (Å²) in [7, 11) is 1.14. The van der Waals surface area contributed by atoms with Crippen LogP contribution >= 0.6 is 11.8 Å². The first-order chi connectivity index (χ1) is 8.54. The molecule has 0 radical (unpaired) electrons. The smallest absolute Gasteiger partial charge is 0.413 e. The minimum absolute atomic E-state index is 0.00775. The molecule has 0 spiro atoms. The number of nitrogens with one attached hydrogen (secondary N) is 1. The van der Waals surface area contributed by atoms with Gasteiger partial charge in [0.2, 0.25) is 5.91 Å². The van der Waals surface area contributed by atoms with Crippen LogP contribution in [-0.2, 0) is 9.53 Å². The van der Waals surface area contributed by atoms with Gasteiger partial charge in [-0.25, -0.2) is 14.6 Å². The number of pyridine rings is 1. The van der Waals surface area contributed by atoms with Gasteiger partial charge in [-0.15, -0.1) is 0 Å². The normalized spacial score (nSPS) is 9.61. The van der Waals surface area contributed by atoms with Crippen LogP contribution < -0.4 is 5.32 Å². The third-order valence-corrected chi connectivity index (χ3v) is 2.77. The molecule has 0 atom stereocenters. The zero-order chi connectivity index (χ0) is 13.5. The number of imide groups is 1. The Morgan fingerprint density at radius 3 is 2.83 bits per heavy atom. The molecule has 0 aliphatic rings. The van der Waals surface area contributed by atoms with Crippen LogP contribution in [0.2, 0.25) is 0 Å². The predicted octanol–water partition coefficient (Wildman–Crippen LogP) is 0.755. The Morgan fingerprint density at radius 1 is 1.50 bits per heavy atom. The highest BCUT2D eigenvalue weighted by Gasteiger charge is 2.13. The van der Waals surface area contributed by atoms with Crippen molar-refractivity contribution in [3.05, 3.63) is 23.9 Å². The van der Waals surface area contributed by atoms with Gasteiger partial charge in [0, 0.05) is 6.20 Å². The monoisotopic (exact) mass is 270 g/mol. The van der Waals surface area contributed by atoms with Crippen LogP contribution in [-0.4, -0.2) is 40.9 Å². The van der Waals surface area contributed by atoms with Crippen LogP contribution in [0.1, 0.15) is 10.4 Å². The van der Waals surface area contributed by atoms with E-state index in [0.29, 0.717) is 0 Å². The van der Waals surface area contributed by atoms with Crippen molar-refractivity contribution in [1.29, 1.82) is 0 Å². The van der Waals surface area contributed by atoms with Crippen molar-refractivity contribution in [2.45, 2.75) is 5.03 Å². The molecule has 0 saturated carbocycles. The van der Waals surface area contributed by atoms with E-state index in [2.05, 4.69) is 9.72 Å². The molecule has 0 saturated heterocycles. The quantitative estimate of drug-likeness (QED) is 0.778. The number of carboxylic acid groups (broad SMARTS) is 1. The second-order valence-corrected chi connectivity index (χ2v) is 3.95. The maximum Gasteiger partial charge on any atom is 0.413 e. The summed E-state index contributed by atoms with van der Waals surface area (Å²) in [6, 6.07) is 2.87. The lowest BCUT2D eigenvalue weighted by molar-refractivity contribution is -0.117. The molecule has 8 heteroatoms. The van der Waals surface area contributed by atoms with Crippen LogP contribution in [0.15, 0.2) is 23.4 Å². The van der Waals surface area contributed by atoms with Crippen molar-refractivity contribution in [1.82, 2.24) is 10.3 Å². The van der Waals surface area contributed by atoms with Gasteiger partial charge >= 0.3 is 12.1 Å². The van der Waals surface area contributed by atoms with Gasteiger partial charge in [0.1, 0.15) is 5.03 Å². The van der Waals surface area contributed by atoms with E-state index in [4.69, 9.17) is 5.11 Å². The van der Waals surface area contributed by atoms with E-state index in [1.54, 1.807) is 0 Å². The number of carboxylic acids is 1. The molecule has 0 fully saturated rings. The molecule has 0 unspecified atom stereocenters. The summed E-state index contributed by atoms with van der Waals surface area (Å²) in [6.45, 7) is 0. The molecule has 1 aromatic heterocycles. The fourth-order valence-corrected chi connectivity index (χ4v) is 1.79. The Labute approximate surface area is 107 Å². The van der Waals surface area contributed by atoms with Gasteiger partial charge in [-0.05, 0) is 12.1 Å². The third kappa shape index (κ3) is 4.06. The average Bonchev–Trinajstić information content (AvgIpc) is 2.36. The Balaban J connectivity index is 2.61. The second kappa shape index (κ2) is 6.60. The first kappa shape index (κ1) is 14.0. The molecule has 0 aliphatic carbocycles. The molecule has 18 heavy (non-hydrogen) atoms. The van der Waals surface area contributed by atoms with E-state index in [9.17, 15) is 14.4 Å². The van der Waals surface area contributed by atoms with E-state index < -0.39 is 18.0 Å². The van der Waals surface area contributed by atoms with Crippen LogP contribution in [0.25, 0.3) is 0 Å². The van der Waals surface area contributed by atoms with Gasteiger partial charge < -0.3 is 9.84 Å². The molecule has 0 bridgehead atoms. The summed E-state index contributed by atoms with van der Waals surface area (Å²) in [4.78, 5) is 36.7. The first-order valence-corrected chi connectivity index (χ1v) is 5.72. The van der Waals surface area contributed by atoms with Crippen LogP contribution in [0, 0.1) is 0 Å². The molecule has 0 aromatic carbocycles. The predicted molar refractivity (Wildman–Crippen MR) is 62.5 cm³/mol. The molecule has 1 rings (SSSR count). The first-order valence-electron chi connectivity index (χ1n) is 4.73. The maximum absolute atomic E-state index is 11.3. The number of rotatable bonds is 4. The van der Waals surface area contributed by atoms with Crippen molar-refractivity contribution in [2.24, 2.45) is 0 Å². The molecule has 2 N–H and O–H groups in total. The van der Waals surface area contributed by atoms with E-state index in [-0.39, 0.29) is 16.3 Å². The molecule has 1 heterocycles. The van der Waals surface area contributed by atoms with E-state index in [1.807, 2.05) is 5.32 Å². The molecule has 0 aliphatic heterocycles. The highest BCUT2D eigenvalue weighted by atomic mass is 32.2. The Morgan fingerprint density at radius 2 is 2.22 bits per heavy atom. The number of nitrogens with zero attached hydrogens (tertiary/aromatic N) is 1. The van der Waals surface area contributed by atoms with Crippen LogP contribution in [0.3, 0.4) is 0 Å². The van der Waals surface area contributed by atoms with Gasteiger partial charge in [0.25, 0.3) is 0 Å². The summed E-state index contributed by atoms with van der Waals surface area (Å²) in [5.74, 6) is -1.85. The maximum atomic E-state index is 11.3. The van der Waals surface area contributed by atoms with Crippen LogP contribution in [0.5, 0.6) is 0 Å². The summed E-state index contributed by atoms with van der Waals surface area (Å²) in [5.41, 5.74) is 0.00775. The lowest BCUT2D eigenvalue weighted by Crippen LogP contribution is -2.31. The molecular weight excluding hydrogens is 260 g/mol. The molecule has 1 aromatic rings.